The molecule has 0 saturated heterocycles. The van der Waals surface area contributed by atoms with Crippen molar-refractivity contribution in [2.75, 3.05) is 11.1 Å². The van der Waals surface area contributed by atoms with Crippen molar-refractivity contribution < 1.29 is 9.18 Å². The Balaban J connectivity index is 1.52. The van der Waals surface area contributed by atoms with E-state index in [1.165, 1.54) is 28.8 Å². The maximum absolute atomic E-state index is 13.7. The molecule has 5 nitrogen and oxygen atoms in total. The van der Waals surface area contributed by atoms with Gasteiger partial charge >= 0.3 is 0 Å². The number of para-hydroxylation sites is 1. The molecule has 0 fully saturated rings. The number of amides is 1. The van der Waals surface area contributed by atoms with Gasteiger partial charge < -0.3 is 5.32 Å². The fourth-order valence-corrected chi connectivity index (χ4v) is 6.40. The lowest BCUT2D eigenvalue weighted by molar-refractivity contribution is -0.113. The van der Waals surface area contributed by atoms with Gasteiger partial charge in [-0.25, -0.2) is 9.37 Å². The first-order valence-electron chi connectivity index (χ1n) is 10.8. The lowest BCUT2D eigenvalue weighted by Crippen LogP contribution is -2.23. The van der Waals surface area contributed by atoms with Crippen molar-refractivity contribution in [1.82, 2.24) is 9.55 Å². The van der Waals surface area contributed by atoms with E-state index in [-0.39, 0.29) is 17.2 Å². The SMILES string of the molecule is CC1CCc2c(sc3nc(SCC(=O)Nc4cccc(F)c4)n(-c4ccccc4)c(=O)c23)C1. The number of benzene rings is 2. The first kappa shape index (κ1) is 21.9. The highest BCUT2D eigenvalue weighted by Gasteiger charge is 2.25. The van der Waals surface area contributed by atoms with Crippen molar-refractivity contribution in [2.24, 2.45) is 5.92 Å². The Morgan fingerprint density at radius 2 is 2.06 bits per heavy atom. The second-order valence-electron chi connectivity index (χ2n) is 8.25. The molecule has 33 heavy (non-hydrogen) atoms. The van der Waals surface area contributed by atoms with Crippen LogP contribution in [0.3, 0.4) is 0 Å². The number of hydrogen-bond donors (Lipinski definition) is 1. The van der Waals surface area contributed by atoms with Crippen LogP contribution in [0.2, 0.25) is 0 Å². The van der Waals surface area contributed by atoms with Gasteiger partial charge in [0.05, 0.1) is 16.8 Å². The molecule has 168 valence electrons. The summed E-state index contributed by atoms with van der Waals surface area (Å²) in [6.07, 6.45) is 2.94. The molecule has 0 radical (unpaired) electrons. The number of aryl methyl sites for hydroxylation is 1. The third-order valence-corrected chi connectivity index (χ3v) is 7.84. The molecule has 5 rings (SSSR count). The predicted molar refractivity (Wildman–Crippen MR) is 132 cm³/mol. The van der Waals surface area contributed by atoms with Gasteiger partial charge in [-0.15, -0.1) is 11.3 Å². The number of nitrogens with zero attached hydrogens (tertiary/aromatic N) is 2. The predicted octanol–water partition coefficient (Wildman–Crippen LogP) is 5.44. The number of thioether (sulfide) groups is 1. The maximum atomic E-state index is 13.7. The van der Waals surface area contributed by atoms with E-state index in [4.69, 9.17) is 4.98 Å². The van der Waals surface area contributed by atoms with Crippen LogP contribution < -0.4 is 10.9 Å². The van der Waals surface area contributed by atoms with Gasteiger partial charge in [-0.2, -0.15) is 0 Å². The van der Waals surface area contributed by atoms with Gasteiger partial charge in [-0.3, -0.25) is 14.2 Å². The zero-order valence-electron chi connectivity index (χ0n) is 18.0. The van der Waals surface area contributed by atoms with Crippen LogP contribution in [0, 0.1) is 11.7 Å². The molecule has 2 heterocycles. The number of nitrogens with one attached hydrogen (secondary N) is 1. The fraction of sp³-hybridized carbons (Fsp3) is 0.240. The molecule has 1 amide bonds. The van der Waals surface area contributed by atoms with Crippen LogP contribution >= 0.6 is 23.1 Å². The Labute approximate surface area is 198 Å². The van der Waals surface area contributed by atoms with Crippen LogP contribution in [0.25, 0.3) is 15.9 Å². The lowest BCUT2D eigenvalue weighted by atomic mass is 9.89. The molecule has 0 aliphatic heterocycles. The second kappa shape index (κ2) is 9.11. The van der Waals surface area contributed by atoms with Crippen molar-refractivity contribution in [2.45, 2.75) is 31.3 Å². The minimum Gasteiger partial charge on any atom is -0.325 e. The van der Waals surface area contributed by atoms with Gasteiger partial charge in [0.25, 0.3) is 5.56 Å². The van der Waals surface area contributed by atoms with Crippen LogP contribution in [-0.2, 0) is 17.6 Å². The summed E-state index contributed by atoms with van der Waals surface area (Å²) in [5.74, 6) is -0.0636. The molecule has 2 aromatic carbocycles. The molecule has 0 saturated carbocycles. The van der Waals surface area contributed by atoms with Crippen LogP contribution in [-0.4, -0.2) is 21.2 Å². The van der Waals surface area contributed by atoms with Crippen LogP contribution in [0.1, 0.15) is 23.8 Å². The lowest BCUT2D eigenvalue weighted by Gasteiger charge is -2.17. The minimum atomic E-state index is -0.415. The monoisotopic (exact) mass is 479 g/mol. The molecular weight excluding hydrogens is 457 g/mol. The summed E-state index contributed by atoms with van der Waals surface area (Å²) in [6.45, 7) is 2.24. The van der Waals surface area contributed by atoms with Gasteiger partial charge in [0.15, 0.2) is 5.16 Å². The zero-order chi connectivity index (χ0) is 22.9. The van der Waals surface area contributed by atoms with E-state index in [0.29, 0.717) is 27.8 Å². The van der Waals surface area contributed by atoms with E-state index in [1.807, 2.05) is 30.3 Å². The number of thiophene rings is 1. The Morgan fingerprint density at radius 1 is 1.24 bits per heavy atom. The Kier molecular flexibility index (Phi) is 6.03. The van der Waals surface area contributed by atoms with E-state index in [0.717, 1.165) is 29.7 Å². The molecule has 1 atom stereocenters. The van der Waals surface area contributed by atoms with Gasteiger partial charge in [-0.1, -0.05) is 43.0 Å². The summed E-state index contributed by atoms with van der Waals surface area (Å²) in [7, 11) is 0. The number of hydrogen-bond acceptors (Lipinski definition) is 5. The molecule has 8 heteroatoms. The zero-order valence-corrected chi connectivity index (χ0v) is 19.6. The quantitative estimate of drug-likeness (QED) is 0.306. The van der Waals surface area contributed by atoms with Gasteiger partial charge in [0.1, 0.15) is 10.6 Å². The Bertz CT molecular complexity index is 1400. The van der Waals surface area contributed by atoms with Crippen molar-refractivity contribution in [1.29, 1.82) is 0 Å². The largest absolute Gasteiger partial charge is 0.325 e. The van der Waals surface area contributed by atoms with Crippen molar-refractivity contribution in [3.63, 3.8) is 0 Å². The smallest absolute Gasteiger partial charge is 0.267 e. The second-order valence-corrected chi connectivity index (χ2v) is 10.3. The average molecular weight is 480 g/mol. The summed E-state index contributed by atoms with van der Waals surface area (Å²) in [5.41, 5.74) is 2.15. The van der Waals surface area contributed by atoms with Crippen molar-refractivity contribution in [3.8, 4) is 5.69 Å². The molecule has 2 aromatic heterocycles. The third-order valence-electron chi connectivity index (χ3n) is 5.75. The standard InChI is InChI=1S/C25H22FN3O2S2/c1-15-10-11-19-20(12-15)33-23-22(19)24(31)29(18-8-3-2-4-9-18)25(28-23)32-14-21(30)27-17-7-5-6-16(26)13-17/h2-9,13,15H,10-12,14H2,1H3,(H,27,30). The molecule has 0 spiro atoms. The molecule has 0 bridgehead atoms. The van der Waals surface area contributed by atoms with Crippen LogP contribution in [0.4, 0.5) is 10.1 Å². The third kappa shape index (κ3) is 4.45. The normalized spacial score (nSPS) is 15.4. The first-order valence-corrected chi connectivity index (χ1v) is 12.6. The van der Waals surface area contributed by atoms with E-state index in [1.54, 1.807) is 28.0 Å². The van der Waals surface area contributed by atoms with Crippen molar-refractivity contribution in [3.05, 3.63) is 81.2 Å². The van der Waals surface area contributed by atoms with E-state index in [2.05, 4.69) is 12.2 Å². The fourth-order valence-electron chi connectivity index (χ4n) is 4.17. The maximum Gasteiger partial charge on any atom is 0.267 e. The number of halogens is 1. The van der Waals surface area contributed by atoms with E-state index >= 15 is 0 Å². The first-order chi connectivity index (χ1) is 16.0. The van der Waals surface area contributed by atoms with Crippen molar-refractivity contribution >= 4 is 44.9 Å². The summed E-state index contributed by atoms with van der Waals surface area (Å²) >= 11 is 2.80. The molecule has 1 aliphatic rings. The summed E-state index contributed by atoms with van der Waals surface area (Å²) in [4.78, 5) is 33.1. The molecule has 1 N–H and O–H groups in total. The topological polar surface area (TPSA) is 64.0 Å². The van der Waals surface area contributed by atoms with Gasteiger partial charge in [0.2, 0.25) is 5.91 Å². The summed E-state index contributed by atoms with van der Waals surface area (Å²) in [6, 6.07) is 15.1. The van der Waals surface area contributed by atoms with Crippen LogP contribution in [0.15, 0.2) is 64.5 Å². The number of fused-ring (bicyclic) bond motifs is 3. The Hall–Kier alpha value is -2.97. The number of carbonyl (C=O) groups excluding carboxylic acids is 1. The van der Waals surface area contributed by atoms with Gasteiger partial charge in [-0.05, 0) is 61.1 Å². The highest BCUT2D eigenvalue weighted by molar-refractivity contribution is 7.99. The molecule has 1 unspecified atom stereocenters. The molecular formula is C25H22FN3O2S2. The van der Waals surface area contributed by atoms with Crippen LogP contribution in [0.5, 0.6) is 0 Å². The summed E-state index contributed by atoms with van der Waals surface area (Å²) in [5, 5.41) is 3.88. The number of aromatic nitrogens is 2. The minimum absolute atomic E-state index is 0.0451. The Morgan fingerprint density at radius 3 is 2.85 bits per heavy atom. The molecule has 1 aliphatic carbocycles. The van der Waals surface area contributed by atoms with E-state index < -0.39 is 5.82 Å². The number of anilines is 1. The number of rotatable bonds is 5. The molecule has 4 aromatic rings. The highest BCUT2D eigenvalue weighted by atomic mass is 32.2. The number of carbonyl (C=O) groups is 1. The average Bonchev–Trinajstić information content (AvgIpc) is 3.16. The van der Waals surface area contributed by atoms with Gasteiger partial charge in [0, 0.05) is 10.6 Å². The van der Waals surface area contributed by atoms with E-state index in [9.17, 15) is 14.0 Å². The highest BCUT2D eigenvalue weighted by Crippen LogP contribution is 2.37. The summed E-state index contributed by atoms with van der Waals surface area (Å²) < 4.78 is 15.0.